The van der Waals surface area contributed by atoms with Gasteiger partial charge >= 0.3 is 5.97 Å². The SMILES string of the molecule is CCOC(=O)c1sc(NC(=O)C2(C)Oc3ccccc3NC2=O)nc1C. The summed E-state index contributed by atoms with van der Waals surface area (Å²) in [7, 11) is 0. The van der Waals surface area contributed by atoms with Gasteiger partial charge in [-0.25, -0.2) is 9.78 Å². The number of carbonyl (C=O) groups excluding carboxylic acids is 3. The van der Waals surface area contributed by atoms with Gasteiger partial charge in [-0.3, -0.25) is 14.9 Å². The van der Waals surface area contributed by atoms with Crippen molar-refractivity contribution in [2.24, 2.45) is 0 Å². The number of fused-ring (bicyclic) bond motifs is 1. The lowest BCUT2D eigenvalue weighted by Crippen LogP contribution is -2.56. The van der Waals surface area contributed by atoms with E-state index in [9.17, 15) is 14.4 Å². The Bertz CT molecular complexity index is 894. The van der Waals surface area contributed by atoms with Crippen molar-refractivity contribution in [3.8, 4) is 5.75 Å². The third kappa shape index (κ3) is 3.13. The molecule has 8 nitrogen and oxygen atoms in total. The van der Waals surface area contributed by atoms with Crippen molar-refractivity contribution >= 4 is 39.9 Å². The zero-order valence-corrected chi connectivity index (χ0v) is 15.2. The standard InChI is InChI=1S/C17H17N3O5S/c1-4-24-13(21)12-9(2)18-16(26-12)20-15(23)17(3)14(22)19-10-7-5-6-8-11(10)25-17/h5-8H,4H2,1-3H3,(H,19,22)(H,18,20,23). The Labute approximate surface area is 153 Å². The van der Waals surface area contributed by atoms with Crippen molar-refractivity contribution in [1.82, 2.24) is 4.98 Å². The van der Waals surface area contributed by atoms with E-state index >= 15 is 0 Å². The summed E-state index contributed by atoms with van der Waals surface area (Å²) in [5.41, 5.74) is -0.830. The minimum absolute atomic E-state index is 0.187. The summed E-state index contributed by atoms with van der Waals surface area (Å²) in [4.78, 5) is 41.4. The molecule has 0 aliphatic carbocycles. The number of aromatic nitrogens is 1. The zero-order valence-electron chi connectivity index (χ0n) is 14.4. The highest BCUT2D eigenvalue weighted by molar-refractivity contribution is 7.17. The molecule has 26 heavy (non-hydrogen) atoms. The summed E-state index contributed by atoms with van der Waals surface area (Å²) in [5.74, 6) is -1.39. The van der Waals surface area contributed by atoms with Crippen LogP contribution in [0, 0.1) is 6.92 Å². The Kier molecular flexibility index (Phi) is 4.64. The zero-order chi connectivity index (χ0) is 18.9. The van der Waals surface area contributed by atoms with E-state index in [4.69, 9.17) is 9.47 Å². The highest BCUT2D eigenvalue weighted by atomic mass is 32.1. The number of rotatable bonds is 4. The molecule has 1 atom stereocenters. The van der Waals surface area contributed by atoms with Gasteiger partial charge in [0.05, 0.1) is 18.0 Å². The van der Waals surface area contributed by atoms with Crippen molar-refractivity contribution in [3.63, 3.8) is 0 Å². The molecule has 2 amide bonds. The van der Waals surface area contributed by atoms with Gasteiger partial charge in [0, 0.05) is 0 Å². The van der Waals surface area contributed by atoms with Crippen molar-refractivity contribution in [2.45, 2.75) is 26.4 Å². The molecular formula is C17H17N3O5S. The Hall–Kier alpha value is -2.94. The average molecular weight is 375 g/mol. The number of para-hydroxylation sites is 2. The molecule has 0 bridgehead atoms. The Morgan fingerprint density at radius 2 is 2.12 bits per heavy atom. The number of esters is 1. The number of nitrogens with zero attached hydrogens (tertiary/aromatic N) is 1. The van der Waals surface area contributed by atoms with Crippen molar-refractivity contribution in [3.05, 3.63) is 34.8 Å². The van der Waals surface area contributed by atoms with Gasteiger partial charge in [-0.2, -0.15) is 0 Å². The minimum atomic E-state index is -1.77. The van der Waals surface area contributed by atoms with Crippen LogP contribution in [-0.4, -0.2) is 35.0 Å². The van der Waals surface area contributed by atoms with Crippen LogP contribution in [0.1, 0.15) is 29.2 Å². The number of thiazole rings is 1. The highest BCUT2D eigenvalue weighted by Gasteiger charge is 2.47. The second kappa shape index (κ2) is 6.75. The number of amides is 2. The third-order valence-corrected chi connectivity index (χ3v) is 4.85. The Morgan fingerprint density at radius 3 is 2.85 bits per heavy atom. The maximum atomic E-state index is 12.7. The van der Waals surface area contributed by atoms with Crippen LogP contribution in [0.4, 0.5) is 10.8 Å². The summed E-state index contributed by atoms with van der Waals surface area (Å²) < 4.78 is 10.6. The summed E-state index contributed by atoms with van der Waals surface area (Å²) in [6.45, 7) is 4.96. The van der Waals surface area contributed by atoms with Gasteiger partial charge in [-0.1, -0.05) is 23.5 Å². The van der Waals surface area contributed by atoms with Gasteiger partial charge in [-0.15, -0.1) is 0 Å². The lowest BCUT2D eigenvalue weighted by molar-refractivity contribution is -0.143. The maximum Gasteiger partial charge on any atom is 0.350 e. The molecule has 1 aromatic heterocycles. The van der Waals surface area contributed by atoms with E-state index in [0.29, 0.717) is 22.0 Å². The molecule has 2 N–H and O–H groups in total. The van der Waals surface area contributed by atoms with Gasteiger partial charge in [0.1, 0.15) is 10.6 Å². The lowest BCUT2D eigenvalue weighted by atomic mass is 10.0. The fourth-order valence-electron chi connectivity index (χ4n) is 2.37. The van der Waals surface area contributed by atoms with E-state index in [1.807, 2.05) is 0 Å². The highest BCUT2D eigenvalue weighted by Crippen LogP contribution is 2.34. The van der Waals surface area contributed by atoms with E-state index in [1.165, 1.54) is 6.92 Å². The quantitative estimate of drug-likeness (QED) is 0.628. The van der Waals surface area contributed by atoms with E-state index in [2.05, 4.69) is 15.6 Å². The summed E-state index contributed by atoms with van der Waals surface area (Å²) in [5, 5.41) is 5.39. The summed E-state index contributed by atoms with van der Waals surface area (Å²) in [6.07, 6.45) is 0. The molecule has 2 aromatic rings. The molecule has 0 saturated heterocycles. The Morgan fingerprint density at radius 1 is 1.38 bits per heavy atom. The van der Waals surface area contributed by atoms with E-state index < -0.39 is 23.4 Å². The molecule has 1 aliphatic heterocycles. The summed E-state index contributed by atoms with van der Waals surface area (Å²) >= 11 is 0.981. The fraction of sp³-hybridized carbons (Fsp3) is 0.294. The second-order valence-electron chi connectivity index (χ2n) is 5.69. The van der Waals surface area contributed by atoms with E-state index in [1.54, 1.807) is 38.1 Å². The average Bonchev–Trinajstić information content (AvgIpc) is 2.96. The number of anilines is 2. The number of carbonyl (C=O) groups is 3. The molecule has 1 aromatic carbocycles. The predicted molar refractivity (Wildman–Crippen MR) is 95.5 cm³/mol. The molecule has 136 valence electrons. The van der Waals surface area contributed by atoms with Crippen LogP contribution in [0.25, 0.3) is 0 Å². The van der Waals surface area contributed by atoms with Gasteiger partial charge < -0.3 is 14.8 Å². The van der Waals surface area contributed by atoms with Gasteiger partial charge in [-0.05, 0) is 32.9 Å². The second-order valence-corrected chi connectivity index (χ2v) is 6.69. The monoisotopic (exact) mass is 375 g/mol. The number of benzene rings is 1. The smallest absolute Gasteiger partial charge is 0.350 e. The van der Waals surface area contributed by atoms with Crippen LogP contribution >= 0.6 is 11.3 Å². The van der Waals surface area contributed by atoms with Crippen LogP contribution in [-0.2, 0) is 14.3 Å². The first-order valence-electron chi connectivity index (χ1n) is 7.90. The first-order valence-corrected chi connectivity index (χ1v) is 8.72. The molecular weight excluding hydrogens is 358 g/mol. The normalized spacial score (nSPS) is 18.3. The van der Waals surface area contributed by atoms with Crippen LogP contribution in [0.5, 0.6) is 5.75 Å². The third-order valence-electron chi connectivity index (χ3n) is 3.79. The Balaban J connectivity index is 1.81. The number of ether oxygens (including phenoxy) is 2. The molecule has 0 radical (unpaired) electrons. The van der Waals surface area contributed by atoms with Crippen molar-refractivity contribution in [2.75, 3.05) is 17.2 Å². The van der Waals surface area contributed by atoms with E-state index in [0.717, 1.165) is 11.3 Å². The molecule has 1 aliphatic rings. The number of nitrogens with one attached hydrogen (secondary N) is 2. The number of hydrogen-bond donors (Lipinski definition) is 2. The molecule has 1 unspecified atom stereocenters. The van der Waals surface area contributed by atoms with Gasteiger partial charge in [0.2, 0.25) is 0 Å². The van der Waals surface area contributed by atoms with Gasteiger partial charge in [0.15, 0.2) is 5.13 Å². The van der Waals surface area contributed by atoms with Crippen LogP contribution in [0.2, 0.25) is 0 Å². The number of hydrogen-bond acceptors (Lipinski definition) is 7. The summed E-state index contributed by atoms with van der Waals surface area (Å²) in [6, 6.07) is 6.83. The lowest BCUT2D eigenvalue weighted by Gasteiger charge is -2.32. The first-order chi connectivity index (χ1) is 12.3. The maximum absolute atomic E-state index is 12.7. The number of aryl methyl sites for hydroxylation is 1. The van der Waals surface area contributed by atoms with Crippen LogP contribution < -0.4 is 15.4 Å². The molecule has 0 fully saturated rings. The topological polar surface area (TPSA) is 107 Å². The molecule has 0 spiro atoms. The molecule has 9 heteroatoms. The molecule has 0 saturated carbocycles. The largest absolute Gasteiger partial charge is 0.466 e. The first kappa shape index (κ1) is 17.9. The van der Waals surface area contributed by atoms with Crippen LogP contribution in [0.15, 0.2) is 24.3 Å². The van der Waals surface area contributed by atoms with E-state index in [-0.39, 0.29) is 11.7 Å². The van der Waals surface area contributed by atoms with Gasteiger partial charge in [0.25, 0.3) is 17.4 Å². The predicted octanol–water partition coefficient (Wildman–Crippen LogP) is 2.36. The van der Waals surface area contributed by atoms with Crippen molar-refractivity contribution in [1.29, 1.82) is 0 Å². The molecule has 3 rings (SSSR count). The van der Waals surface area contributed by atoms with Crippen molar-refractivity contribution < 1.29 is 23.9 Å². The molecule has 2 heterocycles. The fourth-order valence-corrected chi connectivity index (χ4v) is 3.22. The van der Waals surface area contributed by atoms with Crippen LogP contribution in [0.3, 0.4) is 0 Å². The minimum Gasteiger partial charge on any atom is -0.466 e.